The molecule has 126 valence electrons. The van der Waals surface area contributed by atoms with E-state index in [4.69, 9.17) is 9.47 Å². The predicted molar refractivity (Wildman–Crippen MR) is 85.0 cm³/mol. The largest absolute Gasteiger partial charge is 0.454 e. The van der Waals surface area contributed by atoms with Gasteiger partial charge in [-0.15, -0.1) is 0 Å². The van der Waals surface area contributed by atoms with Gasteiger partial charge < -0.3 is 24.0 Å². The van der Waals surface area contributed by atoms with Crippen molar-refractivity contribution in [3.05, 3.63) is 42.5 Å². The van der Waals surface area contributed by atoms with Crippen molar-refractivity contribution in [3.8, 4) is 11.5 Å². The van der Waals surface area contributed by atoms with E-state index in [0.717, 1.165) is 0 Å². The average Bonchev–Trinajstić information content (AvgIpc) is 3.24. The molecule has 0 saturated carbocycles. The third-order valence-corrected chi connectivity index (χ3v) is 4.65. The first-order chi connectivity index (χ1) is 11.7. The van der Waals surface area contributed by atoms with Gasteiger partial charge in [-0.1, -0.05) is 0 Å². The molecule has 24 heavy (non-hydrogen) atoms. The molecule has 0 aliphatic carbocycles. The Bertz CT molecular complexity index is 731. The minimum Gasteiger partial charge on any atom is -0.454 e. The van der Waals surface area contributed by atoms with Gasteiger partial charge in [-0.2, -0.15) is 0 Å². The first-order valence-electron chi connectivity index (χ1n) is 8.07. The molecule has 0 spiro atoms. The second-order valence-corrected chi connectivity index (χ2v) is 6.08. The number of hydrogen-bond acceptors (Lipinski definition) is 5. The summed E-state index contributed by atoms with van der Waals surface area (Å²) in [6.45, 7) is 1.31. The molecule has 3 heterocycles. The van der Waals surface area contributed by atoms with Crippen LogP contribution in [0, 0.1) is 0 Å². The quantitative estimate of drug-likeness (QED) is 0.902. The molecule has 7 nitrogen and oxygen atoms in total. The van der Waals surface area contributed by atoms with Gasteiger partial charge in [-0.05, 0) is 31.0 Å². The Morgan fingerprint density at radius 1 is 1.21 bits per heavy atom. The highest BCUT2D eigenvalue weighted by molar-refractivity contribution is 5.95. The number of carbonyl (C=O) groups is 1. The first kappa shape index (κ1) is 15.0. The smallest absolute Gasteiger partial charge is 0.253 e. The van der Waals surface area contributed by atoms with Gasteiger partial charge in [0, 0.05) is 31.0 Å². The minimum atomic E-state index is -0.492. The van der Waals surface area contributed by atoms with Crippen LogP contribution in [0.25, 0.3) is 0 Å². The van der Waals surface area contributed by atoms with Crippen LogP contribution >= 0.6 is 0 Å². The zero-order chi connectivity index (χ0) is 16.5. The van der Waals surface area contributed by atoms with Gasteiger partial charge in [-0.25, -0.2) is 4.98 Å². The number of ether oxygens (including phenoxy) is 2. The number of amides is 1. The van der Waals surface area contributed by atoms with Gasteiger partial charge in [0.25, 0.3) is 5.91 Å². The molecule has 0 bridgehead atoms. The van der Waals surface area contributed by atoms with E-state index in [0.29, 0.717) is 43.0 Å². The lowest BCUT2D eigenvalue weighted by Crippen LogP contribution is -2.32. The van der Waals surface area contributed by atoms with Crippen LogP contribution in [0.2, 0.25) is 0 Å². The molecule has 4 rings (SSSR count). The van der Waals surface area contributed by atoms with E-state index in [2.05, 4.69) is 4.98 Å². The van der Waals surface area contributed by atoms with Crippen LogP contribution in [0.5, 0.6) is 11.5 Å². The average molecular weight is 329 g/mol. The topological polar surface area (TPSA) is 76.8 Å². The number of likely N-dealkylation sites (tertiary alicyclic amines) is 1. The third-order valence-electron chi connectivity index (χ3n) is 4.65. The Labute approximate surface area is 139 Å². The van der Waals surface area contributed by atoms with Crippen LogP contribution in [0.4, 0.5) is 0 Å². The monoisotopic (exact) mass is 329 g/mol. The van der Waals surface area contributed by atoms with E-state index in [1.54, 1.807) is 35.6 Å². The summed E-state index contributed by atoms with van der Waals surface area (Å²) in [5.41, 5.74) is 0.579. The summed E-state index contributed by atoms with van der Waals surface area (Å²) < 4.78 is 12.5. The standard InChI is InChI=1S/C17H19N3O4/c21-14-4-7-19(6-3-13(14)20-8-5-18-10-20)17(22)12-1-2-15-16(9-12)24-11-23-15/h1-2,5,8-10,13-14,21H,3-4,6-7,11H2/t13-,14-/m0/s1. The van der Waals surface area contributed by atoms with Crippen molar-refractivity contribution < 1.29 is 19.4 Å². The Morgan fingerprint density at radius 3 is 2.88 bits per heavy atom. The van der Waals surface area contributed by atoms with E-state index in [-0.39, 0.29) is 18.7 Å². The molecule has 1 saturated heterocycles. The lowest BCUT2D eigenvalue weighted by atomic mass is 10.1. The molecule has 1 fully saturated rings. The second-order valence-electron chi connectivity index (χ2n) is 6.08. The van der Waals surface area contributed by atoms with E-state index in [9.17, 15) is 9.90 Å². The number of carbonyl (C=O) groups excluding carboxylic acids is 1. The summed E-state index contributed by atoms with van der Waals surface area (Å²) in [6.07, 6.45) is 6.00. The SMILES string of the molecule is O=C(c1ccc2c(c1)OCO2)N1CC[C@H](O)[C@@H](n2ccnc2)CC1. The Hall–Kier alpha value is -2.54. The number of hydrogen-bond donors (Lipinski definition) is 1. The molecule has 0 unspecified atom stereocenters. The van der Waals surface area contributed by atoms with E-state index < -0.39 is 6.10 Å². The highest BCUT2D eigenvalue weighted by atomic mass is 16.7. The Balaban J connectivity index is 1.49. The maximum absolute atomic E-state index is 12.8. The van der Waals surface area contributed by atoms with Gasteiger partial charge in [0.1, 0.15) is 0 Å². The molecule has 0 radical (unpaired) electrons. The summed E-state index contributed by atoms with van der Waals surface area (Å²) in [7, 11) is 0. The highest BCUT2D eigenvalue weighted by Crippen LogP contribution is 2.33. The van der Waals surface area contributed by atoms with Crippen molar-refractivity contribution >= 4 is 5.91 Å². The van der Waals surface area contributed by atoms with Crippen LogP contribution in [0.1, 0.15) is 29.2 Å². The molecule has 2 aromatic rings. The fourth-order valence-corrected chi connectivity index (χ4v) is 3.30. The highest BCUT2D eigenvalue weighted by Gasteiger charge is 2.29. The van der Waals surface area contributed by atoms with Crippen LogP contribution in [0.3, 0.4) is 0 Å². The first-order valence-corrected chi connectivity index (χ1v) is 8.07. The number of rotatable bonds is 2. The number of aliphatic hydroxyl groups excluding tert-OH is 1. The molecular formula is C17H19N3O4. The van der Waals surface area contributed by atoms with Crippen molar-refractivity contribution in [2.75, 3.05) is 19.9 Å². The minimum absolute atomic E-state index is 0.0493. The number of benzene rings is 1. The lowest BCUT2D eigenvalue weighted by Gasteiger charge is -2.21. The maximum atomic E-state index is 12.8. The second kappa shape index (κ2) is 6.16. The number of aromatic nitrogens is 2. The third kappa shape index (κ3) is 2.71. The van der Waals surface area contributed by atoms with Crippen molar-refractivity contribution in [2.24, 2.45) is 0 Å². The molecule has 1 N–H and O–H groups in total. The molecule has 2 aliphatic heterocycles. The van der Waals surface area contributed by atoms with E-state index in [1.807, 2.05) is 10.8 Å². The molecule has 1 aromatic carbocycles. The fourth-order valence-electron chi connectivity index (χ4n) is 3.30. The van der Waals surface area contributed by atoms with Crippen molar-refractivity contribution in [2.45, 2.75) is 25.0 Å². The maximum Gasteiger partial charge on any atom is 0.253 e. The summed E-state index contributed by atoms with van der Waals surface area (Å²) in [5, 5.41) is 10.4. The molecular weight excluding hydrogens is 310 g/mol. The Morgan fingerprint density at radius 2 is 2.04 bits per heavy atom. The zero-order valence-electron chi connectivity index (χ0n) is 13.2. The molecule has 2 aliphatic rings. The van der Waals surface area contributed by atoms with Gasteiger partial charge in [0.2, 0.25) is 6.79 Å². The normalized spacial score (nSPS) is 23.1. The Kier molecular flexibility index (Phi) is 3.86. The van der Waals surface area contributed by atoms with Crippen LogP contribution in [-0.2, 0) is 0 Å². The van der Waals surface area contributed by atoms with Crippen molar-refractivity contribution in [3.63, 3.8) is 0 Å². The number of aliphatic hydroxyl groups is 1. The predicted octanol–water partition coefficient (Wildman–Crippen LogP) is 1.45. The van der Waals surface area contributed by atoms with Crippen molar-refractivity contribution in [1.29, 1.82) is 0 Å². The van der Waals surface area contributed by atoms with Gasteiger partial charge in [-0.3, -0.25) is 4.79 Å². The molecule has 1 amide bonds. The van der Waals surface area contributed by atoms with Crippen molar-refractivity contribution in [1.82, 2.24) is 14.5 Å². The lowest BCUT2D eigenvalue weighted by molar-refractivity contribution is 0.0751. The summed E-state index contributed by atoms with van der Waals surface area (Å²) >= 11 is 0. The van der Waals surface area contributed by atoms with Gasteiger partial charge in [0.15, 0.2) is 11.5 Å². The van der Waals surface area contributed by atoms with E-state index in [1.165, 1.54) is 0 Å². The number of imidazole rings is 1. The van der Waals surface area contributed by atoms with Crippen LogP contribution in [0.15, 0.2) is 36.9 Å². The molecule has 2 atom stereocenters. The molecule has 1 aromatic heterocycles. The van der Waals surface area contributed by atoms with E-state index >= 15 is 0 Å². The molecule has 7 heteroatoms. The summed E-state index contributed by atoms with van der Waals surface area (Å²) in [4.78, 5) is 18.6. The van der Waals surface area contributed by atoms with Crippen LogP contribution < -0.4 is 9.47 Å². The van der Waals surface area contributed by atoms with Gasteiger partial charge in [0.05, 0.1) is 18.5 Å². The zero-order valence-corrected chi connectivity index (χ0v) is 13.2. The fraction of sp³-hybridized carbons (Fsp3) is 0.412. The number of nitrogens with zero attached hydrogens (tertiary/aromatic N) is 3. The summed E-state index contributed by atoms with van der Waals surface area (Å²) in [5.74, 6) is 1.22. The van der Waals surface area contributed by atoms with Gasteiger partial charge >= 0.3 is 0 Å². The van der Waals surface area contributed by atoms with Crippen LogP contribution in [-0.4, -0.2) is 51.5 Å². The number of fused-ring (bicyclic) bond motifs is 1. The summed E-state index contributed by atoms with van der Waals surface area (Å²) in [6, 6.07) is 5.18.